The molecule has 3 rings (SSSR count). The van der Waals surface area contributed by atoms with E-state index in [-0.39, 0.29) is 29.9 Å². The van der Waals surface area contributed by atoms with Crippen LogP contribution in [0.5, 0.6) is 0 Å². The molecule has 29 heavy (non-hydrogen) atoms. The van der Waals surface area contributed by atoms with E-state index in [1.54, 1.807) is 0 Å². The Morgan fingerprint density at radius 1 is 1.21 bits per heavy atom. The van der Waals surface area contributed by atoms with Gasteiger partial charge < -0.3 is 10.6 Å². The monoisotopic (exact) mass is 405 g/mol. The number of para-hydroxylation sites is 1. The molecule has 1 aliphatic heterocycles. The predicted molar refractivity (Wildman–Crippen MR) is 116 cm³/mol. The normalized spacial score (nSPS) is 16.3. The van der Waals surface area contributed by atoms with E-state index in [1.807, 2.05) is 54.6 Å². The zero-order chi connectivity index (χ0) is 20.8. The van der Waals surface area contributed by atoms with Gasteiger partial charge in [0.05, 0.1) is 22.4 Å². The fraction of sp³-hybridized carbons (Fsp3) is 0.261. The minimum atomic E-state index is -0.297. The first kappa shape index (κ1) is 20.7. The molecule has 1 atom stereocenters. The lowest BCUT2D eigenvalue weighted by Gasteiger charge is -2.25. The van der Waals surface area contributed by atoms with E-state index >= 15 is 0 Å². The van der Waals surface area contributed by atoms with Crippen molar-refractivity contribution in [1.82, 2.24) is 5.32 Å². The summed E-state index contributed by atoms with van der Waals surface area (Å²) in [7, 11) is 0. The number of rotatable bonds is 6. The number of carbonyl (C=O) groups excluding carboxylic acids is 2. The van der Waals surface area contributed by atoms with Crippen LogP contribution in [-0.4, -0.2) is 17.6 Å². The number of thioether (sulfide) groups is 1. The Hall–Kier alpha value is -3.04. The molecule has 2 N–H and O–H groups in total. The predicted octanol–water partition coefficient (Wildman–Crippen LogP) is 4.52. The number of anilines is 1. The summed E-state index contributed by atoms with van der Waals surface area (Å²) in [6, 6.07) is 19.5. The molecular formula is C23H23N3O2S. The summed E-state index contributed by atoms with van der Waals surface area (Å²) < 4.78 is 0. The molecule has 1 heterocycles. The molecule has 0 bridgehead atoms. The summed E-state index contributed by atoms with van der Waals surface area (Å²) in [6.45, 7) is 4.25. The lowest BCUT2D eigenvalue weighted by Crippen LogP contribution is -2.31. The Labute approximate surface area is 175 Å². The third kappa shape index (κ3) is 5.27. The number of carbonyl (C=O) groups is 2. The first-order valence-corrected chi connectivity index (χ1v) is 10.5. The molecule has 0 unspecified atom stereocenters. The minimum absolute atomic E-state index is 0.106. The fourth-order valence-electron chi connectivity index (χ4n) is 3.19. The Bertz CT molecular complexity index is 960. The first-order valence-electron chi connectivity index (χ1n) is 9.49. The number of nitrogens with zero attached hydrogens (tertiary/aromatic N) is 1. The van der Waals surface area contributed by atoms with E-state index < -0.39 is 0 Å². The number of benzene rings is 2. The molecule has 5 nitrogen and oxygen atoms in total. The molecule has 6 heteroatoms. The third-order valence-corrected chi connectivity index (χ3v) is 5.78. The molecule has 0 aliphatic carbocycles. The van der Waals surface area contributed by atoms with Gasteiger partial charge in [-0.25, -0.2) is 0 Å². The second-order valence-electron chi connectivity index (χ2n) is 7.18. The highest BCUT2D eigenvalue weighted by Crippen LogP contribution is 2.36. The van der Waals surface area contributed by atoms with Crippen molar-refractivity contribution in [2.75, 3.05) is 11.1 Å². The quantitative estimate of drug-likeness (QED) is 0.740. The average molecular weight is 406 g/mol. The number of amides is 2. The molecule has 0 saturated heterocycles. The summed E-state index contributed by atoms with van der Waals surface area (Å²) in [6.07, 6.45) is 0.226. The zero-order valence-corrected chi connectivity index (χ0v) is 17.3. The van der Waals surface area contributed by atoms with E-state index in [4.69, 9.17) is 0 Å². The van der Waals surface area contributed by atoms with Crippen molar-refractivity contribution < 1.29 is 9.59 Å². The van der Waals surface area contributed by atoms with Crippen LogP contribution in [0.25, 0.3) is 0 Å². The van der Waals surface area contributed by atoms with E-state index in [2.05, 4.69) is 30.6 Å². The SMILES string of the molecule is CC(C)c1ccc([C@H]2CC(=O)NC(SCC(=O)Nc3ccccc3)=C2C#N)cc1. The van der Waals surface area contributed by atoms with Crippen molar-refractivity contribution in [3.05, 3.63) is 76.3 Å². The van der Waals surface area contributed by atoms with Gasteiger partial charge in [-0.1, -0.05) is 68.1 Å². The lowest BCUT2D eigenvalue weighted by molar-refractivity contribution is -0.121. The molecule has 2 aromatic rings. The second kappa shape index (κ2) is 9.44. The van der Waals surface area contributed by atoms with Crippen molar-refractivity contribution >= 4 is 29.3 Å². The van der Waals surface area contributed by atoms with Crippen LogP contribution in [-0.2, 0) is 9.59 Å². The Morgan fingerprint density at radius 2 is 1.90 bits per heavy atom. The van der Waals surface area contributed by atoms with Crippen LogP contribution in [0, 0.1) is 11.3 Å². The van der Waals surface area contributed by atoms with Crippen LogP contribution in [0.4, 0.5) is 5.69 Å². The standard InChI is InChI=1S/C23H23N3O2S/c1-15(2)16-8-10-17(11-9-16)19-12-21(27)26-23(20(19)13-24)29-14-22(28)25-18-6-4-3-5-7-18/h3-11,15,19H,12,14H2,1-2H3,(H,25,28)(H,26,27)/t19-/m1/s1. The van der Waals surface area contributed by atoms with Crippen LogP contribution in [0.3, 0.4) is 0 Å². The van der Waals surface area contributed by atoms with Gasteiger partial charge in [0.25, 0.3) is 0 Å². The van der Waals surface area contributed by atoms with Gasteiger partial charge in [-0.2, -0.15) is 5.26 Å². The maximum Gasteiger partial charge on any atom is 0.234 e. The van der Waals surface area contributed by atoms with Gasteiger partial charge in [0.2, 0.25) is 11.8 Å². The topological polar surface area (TPSA) is 82.0 Å². The third-order valence-electron chi connectivity index (χ3n) is 4.77. The van der Waals surface area contributed by atoms with Crippen LogP contribution >= 0.6 is 11.8 Å². The number of nitrogens with one attached hydrogen (secondary N) is 2. The summed E-state index contributed by atoms with van der Waals surface area (Å²) in [5, 5.41) is 15.8. The molecule has 0 fully saturated rings. The molecule has 0 aromatic heterocycles. The summed E-state index contributed by atoms with van der Waals surface area (Å²) >= 11 is 1.18. The van der Waals surface area contributed by atoms with E-state index in [9.17, 15) is 14.9 Å². The van der Waals surface area contributed by atoms with E-state index in [0.717, 1.165) is 5.56 Å². The highest BCUT2D eigenvalue weighted by atomic mass is 32.2. The smallest absolute Gasteiger partial charge is 0.234 e. The van der Waals surface area contributed by atoms with Gasteiger partial charge in [-0.3, -0.25) is 9.59 Å². The number of nitriles is 1. The highest BCUT2D eigenvalue weighted by molar-refractivity contribution is 8.03. The van der Waals surface area contributed by atoms with Crippen molar-refractivity contribution in [3.63, 3.8) is 0 Å². The van der Waals surface area contributed by atoms with Crippen LogP contribution in [0.1, 0.15) is 43.2 Å². The van der Waals surface area contributed by atoms with E-state index in [0.29, 0.717) is 22.2 Å². The Morgan fingerprint density at radius 3 is 2.52 bits per heavy atom. The molecule has 0 spiro atoms. The fourth-order valence-corrected chi connectivity index (χ4v) is 4.06. The molecule has 1 aliphatic rings. The Balaban J connectivity index is 1.76. The van der Waals surface area contributed by atoms with Crippen molar-refractivity contribution in [1.29, 1.82) is 5.26 Å². The minimum Gasteiger partial charge on any atom is -0.325 e. The van der Waals surface area contributed by atoms with Crippen LogP contribution < -0.4 is 10.6 Å². The first-order chi connectivity index (χ1) is 14.0. The van der Waals surface area contributed by atoms with E-state index in [1.165, 1.54) is 17.3 Å². The molecular weight excluding hydrogens is 382 g/mol. The lowest BCUT2D eigenvalue weighted by atomic mass is 9.86. The van der Waals surface area contributed by atoms with Crippen LogP contribution in [0.15, 0.2) is 65.2 Å². The largest absolute Gasteiger partial charge is 0.325 e. The van der Waals surface area contributed by atoms with Gasteiger partial charge in [-0.15, -0.1) is 0 Å². The van der Waals surface area contributed by atoms with Gasteiger partial charge in [0.1, 0.15) is 0 Å². The molecule has 2 aromatic carbocycles. The maximum absolute atomic E-state index is 12.3. The average Bonchev–Trinajstić information content (AvgIpc) is 2.72. The zero-order valence-electron chi connectivity index (χ0n) is 16.4. The number of hydrogen-bond acceptors (Lipinski definition) is 4. The summed E-state index contributed by atoms with van der Waals surface area (Å²) in [5.74, 6) is -0.112. The molecule has 0 saturated carbocycles. The molecule has 2 amide bonds. The molecule has 148 valence electrons. The maximum atomic E-state index is 12.3. The number of allylic oxidation sites excluding steroid dienone is 1. The van der Waals surface area contributed by atoms with Crippen molar-refractivity contribution in [3.8, 4) is 6.07 Å². The highest BCUT2D eigenvalue weighted by Gasteiger charge is 2.29. The van der Waals surface area contributed by atoms with Gasteiger partial charge in [0, 0.05) is 18.0 Å². The van der Waals surface area contributed by atoms with Gasteiger partial charge in [-0.05, 0) is 29.2 Å². The van der Waals surface area contributed by atoms with Gasteiger partial charge >= 0.3 is 0 Å². The summed E-state index contributed by atoms with van der Waals surface area (Å²) in [4.78, 5) is 24.5. The van der Waals surface area contributed by atoms with Gasteiger partial charge in [0.15, 0.2) is 0 Å². The molecule has 0 radical (unpaired) electrons. The Kier molecular flexibility index (Phi) is 6.73. The number of hydrogen-bond donors (Lipinski definition) is 2. The second-order valence-corrected chi connectivity index (χ2v) is 8.17. The van der Waals surface area contributed by atoms with Crippen molar-refractivity contribution in [2.45, 2.75) is 32.1 Å². The van der Waals surface area contributed by atoms with Crippen LogP contribution in [0.2, 0.25) is 0 Å². The van der Waals surface area contributed by atoms with Crippen molar-refractivity contribution in [2.24, 2.45) is 0 Å². The summed E-state index contributed by atoms with van der Waals surface area (Å²) in [5.41, 5.74) is 3.36.